The van der Waals surface area contributed by atoms with E-state index in [9.17, 15) is 4.79 Å². The highest BCUT2D eigenvalue weighted by molar-refractivity contribution is 6.30. The van der Waals surface area contributed by atoms with Crippen molar-refractivity contribution >= 4 is 17.5 Å². The van der Waals surface area contributed by atoms with E-state index in [1.807, 2.05) is 30.3 Å². The van der Waals surface area contributed by atoms with Gasteiger partial charge in [-0.25, -0.2) is 4.68 Å². The Bertz CT molecular complexity index is 1060. The van der Waals surface area contributed by atoms with Crippen molar-refractivity contribution in [3.8, 4) is 17.2 Å². The van der Waals surface area contributed by atoms with Gasteiger partial charge in [-0.05, 0) is 29.8 Å². The molecule has 8 nitrogen and oxygen atoms in total. The van der Waals surface area contributed by atoms with Crippen molar-refractivity contribution in [3.05, 3.63) is 77.3 Å². The minimum absolute atomic E-state index is 0.137. The molecule has 0 aliphatic heterocycles. The minimum Gasteiger partial charge on any atom is -0.344 e. The molecule has 1 N–H and O–H groups in total. The van der Waals surface area contributed by atoms with E-state index in [2.05, 4.69) is 25.8 Å². The molecule has 0 atom stereocenters. The van der Waals surface area contributed by atoms with Gasteiger partial charge in [0.1, 0.15) is 0 Å². The van der Waals surface area contributed by atoms with Gasteiger partial charge in [-0.15, -0.1) is 5.10 Å². The molecule has 2 heterocycles. The van der Waals surface area contributed by atoms with Crippen LogP contribution in [0, 0.1) is 0 Å². The quantitative estimate of drug-likeness (QED) is 0.571. The van der Waals surface area contributed by atoms with Gasteiger partial charge in [0.25, 0.3) is 0 Å². The summed E-state index contributed by atoms with van der Waals surface area (Å²) in [6.07, 6.45) is 1.64. The number of carbonyl (C=O) groups is 1. The van der Waals surface area contributed by atoms with Gasteiger partial charge < -0.3 is 9.84 Å². The van der Waals surface area contributed by atoms with Crippen LogP contribution in [-0.2, 0) is 6.54 Å². The lowest BCUT2D eigenvalue weighted by atomic mass is 10.2. The van der Waals surface area contributed by atoms with Crippen molar-refractivity contribution in [2.75, 3.05) is 0 Å². The summed E-state index contributed by atoms with van der Waals surface area (Å²) in [6, 6.07) is 16.6. The standard InChI is InChI=1S/C18H13ClN6O2/c19-13-6-8-14(9-7-13)25-11-15(22-24-25)16-21-18(27-23-16)17(26)20-10-12-4-2-1-3-5-12/h1-9,11H,10H2,(H,20,26). The molecule has 2 aromatic carbocycles. The first kappa shape index (κ1) is 16.9. The molecule has 134 valence electrons. The van der Waals surface area contributed by atoms with E-state index in [1.54, 1.807) is 35.1 Å². The summed E-state index contributed by atoms with van der Waals surface area (Å²) in [5, 5.41) is 15.2. The monoisotopic (exact) mass is 380 g/mol. The molecule has 0 fully saturated rings. The normalized spacial score (nSPS) is 10.7. The van der Waals surface area contributed by atoms with Crippen molar-refractivity contribution in [2.24, 2.45) is 0 Å². The molecule has 0 bridgehead atoms. The van der Waals surface area contributed by atoms with Crippen molar-refractivity contribution in [1.29, 1.82) is 0 Å². The molecule has 4 rings (SSSR count). The van der Waals surface area contributed by atoms with Crippen LogP contribution in [0.25, 0.3) is 17.2 Å². The number of carbonyl (C=O) groups excluding carboxylic acids is 1. The van der Waals surface area contributed by atoms with Crippen molar-refractivity contribution in [2.45, 2.75) is 6.54 Å². The van der Waals surface area contributed by atoms with E-state index in [0.29, 0.717) is 17.3 Å². The summed E-state index contributed by atoms with van der Waals surface area (Å²) in [5.74, 6) is -0.412. The molecule has 0 unspecified atom stereocenters. The third kappa shape index (κ3) is 3.85. The lowest BCUT2D eigenvalue weighted by Gasteiger charge is -2.01. The Balaban J connectivity index is 1.46. The fraction of sp³-hybridized carbons (Fsp3) is 0.0556. The average Bonchev–Trinajstić information content (AvgIpc) is 3.37. The topological polar surface area (TPSA) is 98.7 Å². The van der Waals surface area contributed by atoms with E-state index in [-0.39, 0.29) is 11.7 Å². The van der Waals surface area contributed by atoms with Crippen LogP contribution in [0.3, 0.4) is 0 Å². The van der Waals surface area contributed by atoms with Crippen LogP contribution < -0.4 is 5.32 Å². The SMILES string of the molecule is O=C(NCc1ccccc1)c1nc(-c2cn(-c3ccc(Cl)cc3)nn2)no1. The third-order valence-corrected chi connectivity index (χ3v) is 3.98. The van der Waals surface area contributed by atoms with Gasteiger partial charge >= 0.3 is 11.8 Å². The van der Waals surface area contributed by atoms with Gasteiger partial charge in [0.2, 0.25) is 5.82 Å². The van der Waals surface area contributed by atoms with Gasteiger partial charge in [0, 0.05) is 11.6 Å². The number of benzene rings is 2. The van der Waals surface area contributed by atoms with Crippen LogP contribution in [-0.4, -0.2) is 31.0 Å². The zero-order valence-electron chi connectivity index (χ0n) is 13.9. The Morgan fingerprint density at radius 3 is 2.67 bits per heavy atom. The Morgan fingerprint density at radius 2 is 1.89 bits per heavy atom. The first-order chi connectivity index (χ1) is 13.2. The van der Waals surface area contributed by atoms with Crippen LogP contribution in [0.5, 0.6) is 0 Å². The number of rotatable bonds is 5. The van der Waals surface area contributed by atoms with Gasteiger partial charge in [-0.3, -0.25) is 4.79 Å². The zero-order valence-corrected chi connectivity index (χ0v) is 14.7. The Hall–Kier alpha value is -3.52. The summed E-state index contributed by atoms with van der Waals surface area (Å²) in [7, 11) is 0. The lowest BCUT2D eigenvalue weighted by Crippen LogP contribution is -2.23. The highest BCUT2D eigenvalue weighted by atomic mass is 35.5. The summed E-state index contributed by atoms with van der Waals surface area (Å²) in [5.41, 5.74) is 2.13. The van der Waals surface area contributed by atoms with Crippen LogP contribution >= 0.6 is 11.6 Å². The van der Waals surface area contributed by atoms with Gasteiger partial charge in [-0.1, -0.05) is 52.3 Å². The van der Waals surface area contributed by atoms with Crippen LogP contribution in [0.4, 0.5) is 0 Å². The maximum Gasteiger partial charge on any atom is 0.316 e. The third-order valence-electron chi connectivity index (χ3n) is 3.73. The zero-order chi connectivity index (χ0) is 18.6. The number of hydrogen-bond acceptors (Lipinski definition) is 6. The Morgan fingerprint density at radius 1 is 1.11 bits per heavy atom. The van der Waals surface area contributed by atoms with E-state index in [0.717, 1.165) is 11.3 Å². The first-order valence-corrected chi connectivity index (χ1v) is 8.41. The molecule has 9 heteroatoms. The molecule has 0 radical (unpaired) electrons. The maximum absolute atomic E-state index is 12.2. The van der Waals surface area contributed by atoms with Crippen LogP contribution in [0.15, 0.2) is 65.3 Å². The molecule has 0 aliphatic carbocycles. The molecule has 27 heavy (non-hydrogen) atoms. The second kappa shape index (κ2) is 7.38. The lowest BCUT2D eigenvalue weighted by molar-refractivity contribution is 0.0907. The predicted octanol–water partition coefficient (Wildman–Crippen LogP) is 2.90. The minimum atomic E-state index is -0.456. The van der Waals surface area contributed by atoms with Crippen molar-refractivity contribution < 1.29 is 9.32 Å². The van der Waals surface area contributed by atoms with E-state index in [4.69, 9.17) is 16.1 Å². The van der Waals surface area contributed by atoms with E-state index >= 15 is 0 Å². The summed E-state index contributed by atoms with van der Waals surface area (Å²) < 4.78 is 6.59. The fourth-order valence-corrected chi connectivity index (χ4v) is 2.49. The maximum atomic E-state index is 12.2. The predicted molar refractivity (Wildman–Crippen MR) is 97.3 cm³/mol. The second-order valence-electron chi connectivity index (χ2n) is 5.62. The molecule has 0 saturated carbocycles. The number of nitrogens with one attached hydrogen (secondary N) is 1. The van der Waals surface area contributed by atoms with Crippen molar-refractivity contribution in [3.63, 3.8) is 0 Å². The highest BCUT2D eigenvalue weighted by Crippen LogP contribution is 2.16. The van der Waals surface area contributed by atoms with Gasteiger partial charge in [-0.2, -0.15) is 4.98 Å². The van der Waals surface area contributed by atoms with Gasteiger partial charge in [0.05, 0.1) is 11.9 Å². The number of halogens is 1. The molecule has 1 amide bonds. The Labute approximate surface area is 158 Å². The fourth-order valence-electron chi connectivity index (χ4n) is 2.36. The number of hydrogen-bond donors (Lipinski definition) is 1. The van der Waals surface area contributed by atoms with Crippen LogP contribution in [0.2, 0.25) is 5.02 Å². The van der Waals surface area contributed by atoms with E-state index in [1.165, 1.54) is 0 Å². The van der Waals surface area contributed by atoms with Gasteiger partial charge in [0.15, 0.2) is 5.69 Å². The highest BCUT2D eigenvalue weighted by Gasteiger charge is 2.18. The molecule has 0 spiro atoms. The number of amides is 1. The average molecular weight is 381 g/mol. The molecule has 0 saturated heterocycles. The molecular weight excluding hydrogens is 368 g/mol. The molecule has 4 aromatic rings. The first-order valence-electron chi connectivity index (χ1n) is 8.03. The number of nitrogens with zero attached hydrogens (tertiary/aromatic N) is 5. The molecular formula is C18H13ClN6O2. The summed E-state index contributed by atoms with van der Waals surface area (Å²) >= 11 is 5.88. The Kier molecular flexibility index (Phi) is 4.63. The summed E-state index contributed by atoms with van der Waals surface area (Å²) in [6.45, 7) is 0.365. The largest absolute Gasteiger partial charge is 0.344 e. The van der Waals surface area contributed by atoms with Crippen LogP contribution in [0.1, 0.15) is 16.2 Å². The second-order valence-corrected chi connectivity index (χ2v) is 6.05. The summed E-state index contributed by atoms with van der Waals surface area (Å²) in [4.78, 5) is 16.2. The smallest absolute Gasteiger partial charge is 0.316 e. The molecule has 0 aliphatic rings. The number of aromatic nitrogens is 5. The molecule has 2 aromatic heterocycles. The van der Waals surface area contributed by atoms with Crippen molar-refractivity contribution in [1.82, 2.24) is 30.5 Å². The van der Waals surface area contributed by atoms with E-state index < -0.39 is 5.91 Å².